The van der Waals surface area contributed by atoms with Crippen LogP contribution in [0.5, 0.6) is 5.75 Å². The van der Waals surface area contributed by atoms with Crippen LogP contribution in [0, 0.1) is 0 Å². The lowest BCUT2D eigenvalue weighted by Gasteiger charge is -2.29. The molecule has 0 saturated carbocycles. The van der Waals surface area contributed by atoms with Gasteiger partial charge >= 0.3 is 0 Å². The second-order valence-electron chi connectivity index (χ2n) is 7.44. The summed E-state index contributed by atoms with van der Waals surface area (Å²) in [4.78, 5) is 4.13. The largest absolute Gasteiger partial charge is 0.491 e. The van der Waals surface area contributed by atoms with E-state index in [4.69, 9.17) is 25.8 Å². The van der Waals surface area contributed by atoms with Crippen LogP contribution in [0.15, 0.2) is 91.8 Å². The molecule has 2 aromatic heterocycles. The summed E-state index contributed by atoms with van der Waals surface area (Å²) in [7, 11) is 0. The standard InChI is InChI=1S/C24H22ClN3O3/c25-20-5-3-4-19(14-20)24(17-27-13-10-26-18-27)30-16-23(31-24)15-29-22-8-6-21(7-9-22)28-11-1-2-12-28/h1-14,18,23H,15-17H2. The van der Waals surface area contributed by atoms with Crippen LogP contribution < -0.4 is 4.74 Å². The number of aromatic nitrogens is 3. The summed E-state index contributed by atoms with van der Waals surface area (Å²) in [6.07, 6.45) is 9.17. The fourth-order valence-corrected chi connectivity index (χ4v) is 3.92. The third-order valence-corrected chi connectivity index (χ3v) is 5.48. The van der Waals surface area contributed by atoms with Crippen LogP contribution >= 0.6 is 11.6 Å². The number of ether oxygens (including phenoxy) is 3. The first kappa shape index (κ1) is 19.9. The molecule has 2 aromatic carbocycles. The molecule has 1 aliphatic heterocycles. The van der Waals surface area contributed by atoms with E-state index < -0.39 is 5.79 Å². The molecule has 5 rings (SSSR count). The number of hydrogen-bond acceptors (Lipinski definition) is 4. The van der Waals surface area contributed by atoms with Gasteiger partial charge < -0.3 is 23.3 Å². The Morgan fingerprint density at radius 2 is 1.90 bits per heavy atom. The summed E-state index contributed by atoms with van der Waals surface area (Å²) in [6, 6.07) is 19.5. The second-order valence-corrected chi connectivity index (χ2v) is 7.88. The van der Waals surface area contributed by atoms with Crippen molar-refractivity contribution in [1.82, 2.24) is 14.1 Å². The predicted molar refractivity (Wildman–Crippen MR) is 117 cm³/mol. The van der Waals surface area contributed by atoms with Crippen molar-refractivity contribution in [2.75, 3.05) is 13.2 Å². The smallest absolute Gasteiger partial charge is 0.214 e. The average molecular weight is 436 g/mol. The molecule has 0 amide bonds. The van der Waals surface area contributed by atoms with Crippen LogP contribution in [0.3, 0.4) is 0 Å². The zero-order valence-electron chi connectivity index (χ0n) is 16.8. The van der Waals surface area contributed by atoms with Crippen molar-refractivity contribution in [3.8, 4) is 11.4 Å². The fraction of sp³-hybridized carbons (Fsp3) is 0.208. The van der Waals surface area contributed by atoms with Crippen LogP contribution in [0.4, 0.5) is 0 Å². The summed E-state index contributed by atoms with van der Waals surface area (Å²) >= 11 is 6.24. The highest BCUT2D eigenvalue weighted by Crippen LogP contribution is 2.37. The summed E-state index contributed by atoms with van der Waals surface area (Å²) in [5, 5.41) is 0.636. The lowest BCUT2D eigenvalue weighted by atomic mass is 10.1. The lowest BCUT2D eigenvalue weighted by molar-refractivity contribution is -0.189. The number of rotatable bonds is 7. The summed E-state index contributed by atoms with van der Waals surface area (Å²) in [5.41, 5.74) is 1.95. The zero-order valence-corrected chi connectivity index (χ0v) is 17.6. The van der Waals surface area contributed by atoms with Crippen LogP contribution in [0.1, 0.15) is 5.56 Å². The van der Waals surface area contributed by atoms with Gasteiger partial charge in [-0.2, -0.15) is 0 Å². The van der Waals surface area contributed by atoms with Crippen molar-refractivity contribution >= 4 is 11.6 Å². The average Bonchev–Trinajstić information content (AvgIpc) is 3.56. The minimum absolute atomic E-state index is 0.216. The van der Waals surface area contributed by atoms with E-state index in [1.54, 1.807) is 12.5 Å². The molecular weight excluding hydrogens is 414 g/mol. The predicted octanol–water partition coefficient (Wildman–Crippen LogP) is 4.67. The van der Waals surface area contributed by atoms with Crippen molar-refractivity contribution in [2.45, 2.75) is 18.4 Å². The van der Waals surface area contributed by atoms with Crippen LogP contribution in [-0.2, 0) is 21.8 Å². The zero-order chi connectivity index (χ0) is 21.1. The van der Waals surface area contributed by atoms with Crippen molar-refractivity contribution < 1.29 is 14.2 Å². The quantitative estimate of drug-likeness (QED) is 0.423. The van der Waals surface area contributed by atoms with Gasteiger partial charge in [0.15, 0.2) is 0 Å². The topological polar surface area (TPSA) is 50.4 Å². The number of benzene rings is 2. The van der Waals surface area contributed by atoms with Gasteiger partial charge in [-0.3, -0.25) is 0 Å². The first-order valence-corrected chi connectivity index (χ1v) is 10.5. The van der Waals surface area contributed by atoms with Crippen LogP contribution in [0.2, 0.25) is 5.02 Å². The molecule has 0 N–H and O–H groups in total. The molecule has 7 heteroatoms. The molecule has 4 aromatic rings. The van der Waals surface area contributed by atoms with Crippen molar-refractivity contribution in [2.24, 2.45) is 0 Å². The van der Waals surface area contributed by atoms with E-state index in [1.165, 1.54) is 0 Å². The highest BCUT2D eigenvalue weighted by Gasteiger charge is 2.44. The maximum atomic E-state index is 6.41. The first-order chi connectivity index (χ1) is 15.2. The van der Waals surface area contributed by atoms with E-state index >= 15 is 0 Å². The Kier molecular flexibility index (Phi) is 5.51. The van der Waals surface area contributed by atoms with Gasteiger partial charge in [-0.05, 0) is 48.5 Å². The lowest BCUT2D eigenvalue weighted by Crippen LogP contribution is -2.34. The van der Waals surface area contributed by atoms with Gasteiger partial charge in [-0.15, -0.1) is 0 Å². The van der Waals surface area contributed by atoms with Crippen molar-refractivity contribution in [1.29, 1.82) is 0 Å². The maximum absolute atomic E-state index is 6.41. The Hall–Kier alpha value is -3.06. The molecule has 0 radical (unpaired) electrons. The van der Waals surface area contributed by atoms with Gasteiger partial charge in [0.2, 0.25) is 5.79 Å². The summed E-state index contributed by atoms with van der Waals surface area (Å²) in [6.45, 7) is 1.27. The fourth-order valence-electron chi connectivity index (χ4n) is 3.73. The third kappa shape index (κ3) is 4.37. The molecule has 2 unspecified atom stereocenters. The molecule has 1 fully saturated rings. The highest BCUT2D eigenvalue weighted by molar-refractivity contribution is 6.30. The van der Waals surface area contributed by atoms with Crippen molar-refractivity contribution in [3.05, 3.63) is 102 Å². The first-order valence-electron chi connectivity index (χ1n) is 10.1. The maximum Gasteiger partial charge on any atom is 0.214 e. The Balaban J connectivity index is 1.28. The van der Waals surface area contributed by atoms with Gasteiger partial charge in [-0.25, -0.2) is 4.98 Å². The summed E-state index contributed by atoms with van der Waals surface area (Å²) in [5.74, 6) is -0.160. The van der Waals surface area contributed by atoms with Crippen LogP contribution in [-0.4, -0.2) is 33.4 Å². The number of hydrogen-bond donors (Lipinski definition) is 0. The van der Waals surface area contributed by atoms with E-state index in [-0.39, 0.29) is 6.10 Å². The van der Waals surface area contributed by atoms with Crippen molar-refractivity contribution in [3.63, 3.8) is 0 Å². The molecule has 3 heterocycles. The Labute approximate surface area is 185 Å². The molecule has 2 atom stereocenters. The normalized spacial score (nSPS) is 20.7. The highest BCUT2D eigenvalue weighted by atomic mass is 35.5. The second kappa shape index (κ2) is 8.59. The molecule has 158 valence electrons. The van der Waals surface area contributed by atoms with Crippen LogP contribution in [0.25, 0.3) is 5.69 Å². The molecule has 1 aliphatic rings. The van der Waals surface area contributed by atoms with E-state index in [0.717, 1.165) is 17.0 Å². The Morgan fingerprint density at radius 3 is 2.65 bits per heavy atom. The molecule has 0 aliphatic carbocycles. The minimum Gasteiger partial charge on any atom is -0.491 e. The monoisotopic (exact) mass is 435 g/mol. The third-order valence-electron chi connectivity index (χ3n) is 5.25. The van der Waals surface area contributed by atoms with Gasteiger partial charge in [0, 0.05) is 41.1 Å². The van der Waals surface area contributed by atoms with E-state index in [2.05, 4.69) is 4.98 Å². The Bertz CT molecular complexity index is 1110. The van der Waals surface area contributed by atoms with Gasteiger partial charge in [-0.1, -0.05) is 23.7 Å². The molecule has 0 bridgehead atoms. The summed E-state index contributed by atoms with van der Waals surface area (Å²) < 4.78 is 22.6. The van der Waals surface area contributed by atoms with E-state index in [9.17, 15) is 0 Å². The number of halogens is 1. The van der Waals surface area contributed by atoms with Gasteiger partial charge in [0.25, 0.3) is 0 Å². The SMILES string of the molecule is Clc1cccc(C2(Cn3ccnc3)OCC(COc3ccc(-n4cccc4)cc3)O2)c1. The van der Waals surface area contributed by atoms with E-state index in [0.29, 0.717) is 24.8 Å². The molecule has 31 heavy (non-hydrogen) atoms. The van der Waals surface area contributed by atoms with Gasteiger partial charge in [0.05, 0.1) is 19.5 Å². The van der Waals surface area contributed by atoms with Gasteiger partial charge in [0.1, 0.15) is 18.5 Å². The molecular formula is C24H22ClN3O3. The molecule has 1 saturated heterocycles. The number of imidazole rings is 1. The number of nitrogens with zero attached hydrogens (tertiary/aromatic N) is 3. The van der Waals surface area contributed by atoms with E-state index in [1.807, 2.05) is 88.4 Å². The molecule has 0 spiro atoms. The minimum atomic E-state index is -0.947. The Morgan fingerprint density at radius 1 is 1.06 bits per heavy atom. The molecule has 6 nitrogen and oxygen atoms in total.